The number of hydrogen-bond donors (Lipinski definition) is 2. The minimum atomic E-state index is -0.985. The van der Waals surface area contributed by atoms with E-state index in [0.717, 1.165) is 36.0 Å². The zero-order valence-corrected chi connectivity index (χ0v) is 12.3. The lowest BCUT2D eigenvalue weighted by Crippen LogP contribution is -2.37. The lowest BCUT2D eigenvalue weighted by molar-refractivity contribution is -0.123. The summed E-state index contributed by atoms with van der Waals surface area (Å²) in [5.74, 6) is -1.36. The van der Waals surface area contributed by atoms with Crippen molar-refractivity contribution in [3.8, 4) is 0 Å². The predicted molar refractivity (Wildman–Crippen MR) is 81.8 cm³/mol. The average molecular weight is 313 g/mol. The monoisotopic (exact) mass is 313 g/mol. The van der Waals surface area contributed by atoms with Gasteiger partial charge in [0, 0.05) is 11.1 Å². The van der Waals surface area contributed by atoms with E-state index in [0.29, 0.717) is 10.9 Å². The molecule has 0 aliphatic heterocycles. The Morgan fingerprint density at radius 3 is 2.78 bits per heavy atom. The fraction of sp³-hybridized carbons (Fsp3) is 0.250. The second-order valence-electron chi connectivity index (χ2n) is 5.27. The Labute approximate surface area is 131 Å². The normalized spacial score (nSPS) is 12.7. The highest BCUT2D eigenvalue weighted by atomic mass is 16.5. The van der Waals surface area contributed by atoms with Crippen LogP contribution in [0, 0.1) is 0 Å². The van der Waals surface area contributed by atoms with Gasteiger partial charge >= 0.3 is 12.0 Å². The number of primary amides is 1. The van der Waals surface area contributed by atoms with Crippen LogP contribution in [0.3, 0.4) is 0 Å². The standard InChI is InChI=1S/C16H15N3O4/c17-16(22)19-13(20)8-23-15(21)14-9-4-1-2-6-11(9)18-12-7-3-5-10(12)14/h1-2,4,6H,3,5,7-8H2,(H3,17,19,20,22). The largest absolute Gasteiger partial charge is 0.452 e. The van der Waals surface area contributed by atoms with Crippen LogP contribution in [0.2, 0.25) is 0 Å². The lowest BCUT2D eigenvalue weighted by atomic mass is 10.0. The predicted octanol–water partition coefficient (Wildman–Crippen LogP) is 1.08. The number of amides is 3. The summed E-state index contributed by atoms with van der Waals surface area (Å²) in [4.78, 5) is 39.0. The van der Waals surface area contributed by atoms with Crippen molar-refractivity contribution in [2.45, 2.75) is 19.3 Å². The van der Waals surface area contributed by atoms with Gasteiger partial charge in [-0.15, -0.1) is 0 Å². The highest BCUT2D eigenvalue weighted by molar-refractivity contribution is 6.06. The summed E-state index contributed by atoms with van der Waals surface area (Å²) in [7, 11) is 0. The van der Waals surface area contributed by atoms with Crippen molar-refractivity contribution in [3.05, 3.63) is 41.1 Å². The Morgan fingerprint density at radius 2 is 2.00 bits per heavy atom. The molecule has 0 bridgehead atoms. The van der Waals surface area contributed by atoms with Gasteiger partial charge in [-0.25, -0.2) is 9.59 Å². The number of nitrogens with zero attached hydrogens (tertiary/aromatic N) is 1. The molecule has 0 unspecified atom stereocenters. The first kappa shape index (κ1) is 15.0. The number of carbonyl (C=O) groups excluding carboxylic acids is 3. The first-order valence-electron chi connectivity index (χ1n) is 7.23. The molecular formula is C16H15N3O4. The zero-order valence-electron chi connectivity index (χ0n) is 12.3. The van der Waals surface area contributed by atoms with Crippen LogP contribution in [-0.4, -0.2) is 29.5 Å². The number of imide groups is 1. The van der Waals surface area contributed by atoms with Crippen LogP contribution in [0.1, 0.15) is 28.0 Å². The van der Waals surface area contributed by atoms with Crippen molar-refractivity contribution < 1.29 is 19.1 Å². The lowest BCUT2D eigenvalue weighted by Gasteiger charge is -2.11. The summed E-state index contributed by atoms with van der Waals surface area (Å²) < 4.78 is 5.04. The van der Waals surface area contributed by atoms with Gasteiger partial charge in [0.25, 0.3) is 5.91 Å². The maximum atomic E-state index is 12.5. The van der Waals surface area contributed by atoms with E-state index >= 15 is 0 Å². The third-order valence-electron chi connectivity index (χ3n) is 3.72. The highest BCUT2D eigenvalue weighted by Gasteiger charge is 2.25. The number of rotatable bonds is 3. The molecule has 7 heteroatoms. The van der Waals surface area contributed by atoms with Gasteiger partial charge in [0.2, 0.25) is 0 Å². The molecule has 0 fully saturated rings. The number of nitrogens with two attached hydrogens (primary N) is 1. The number of pyridine rings is 1. The molecule has 1 aromatic carbocycles. The Balaban J connectivity index is 1.91. The zero-order chi connectivity index (χ0) is 16.4. The molecule has 0 radical (unpaired) electrons. The molecule has 3 amide bonds. The Bertz CT molecular complexity index is 816. The number of benzene rings is 1. The first-order valence-corrected chi connectivity index (χ1v) is 7.23. The maximum absolute atomic E-state index is 12.5. The van der Waals surface area contributed by atoms with Crippen LogP contribution >= 0.6 is 0 Å². The number of urea groups is 1. The van der Waals surface area contributed by atoms with Gasteiger partial charge in [0.05, 0.1) is 11.1 Å². The minimum Gasteiger partial charge on any atom is -0.452 e. The molecular weight excluding hydrogens is 298 g/mol. The summed E-state index contributed by atoms with van der Waals surface area (Å²) >= 11 is 0. The van der Waals surface area contributed by atoms with Crippen molar-refractivity contribution in [3.63, 3.8) is 0 Å². The van der Waals surface area contributed by atoms with Crippen molar-refractivity contribution in [2.75, 3.05) is 6.61 Å². The molecule has 3 N–H and O–H groups in total. The van der Waals surface area contributed by atoms with E-state index in [2.05, 4.69) is 4.98 Å². The third kappa shape index (κ3) is 2.98. The summed E-state index contributed by atoms with van der Waals surface area (Å²) in [5, 5.41) is 2.55. The van der Waals surface area contributed by atoms with Crippen LogP contribution in [0.25, 0.3) is 10.9 Å². The number of fused-ring (bicyclic) bond motifs is 2. The number of aromatic nitrogens is 1. The second-order valence-corrected chi connectivity index (χ2v) is 5.27. The van der Waals surface area contributed by atoms with Gasteiger partial charge in [0.15, 0.2) is 6.61 Å². The number of hydrogen-bond acceptors (Lipinski definition) is 5. The van der Waals surface area contributed by atoms with Gasteiger partial charge in [-0.1, -0.05) is 18.2 Å². The summed E-state index contributed by atoms with van der Waals surface area (Å²) in [5.41, 5.74) is 7.80. The average Bonchev–Trinajstić information content (AvgIpc) is 2.97. The number of nitrogens with one attached hydrogen (secondary N) is 1. The van der Waals surface area contributed by atoms with E-state index in [9.17, 15) is 14.4 Å². The smallest absolute Gasteiger partial charge is 0.339 e. The van der Waals surface area contributed by atoms with Crippen LogP contribution in [0.5, 0.6) is 0 Å². The fourth-order valence-corrected chi connectivity index (χ4v) is 2.82. The van der Waals surface area contributed by atoms with Gasteiger partial charge in [-0.2, -0.15) is 0 Å². The highest BCUT2D eigenvalue weighted by Crippen LogP contribution is 2.30. The number of ether oxygens (including phenoxy) is 1. The van der Waals surface area contributed by atoms with Crippen LogP contribution in [0.15, 0.2) is 24.3 Å². The number of carbonyl (C=O) groups is 3. The Morgan fingerprint density at radius 1 is 1.22 bits per heavy atom. The van der Waals surface area contributed by atoms with Crippen LogP contribution in [-0.2, 0) is 22.4 Å². The van der Waals surface area contributed by atoms with Crippen molar-refractivity contribution in [1.29, 1.82) is 0 Å². The van der Waals surface area contributed by atoms with E-state index in [4.69, 9.17) is 10.5 Å². The van der Waals surface area contributed by atoms with Crippen molar-refractivity contribution in [2.24, 2.45) is 5.73 Å². The molecule has 118 valence electrons. The molecule has 7 nitrogen and oxygen atoms in total. The summed E-state index contributed by atoms with van der Waals surface area (Å²) in [6.07, 6.45) is 2.51. The maximum Gasteiger partial charge on any atom is 0.339 e. The van der Waals surface area contributed by atoms with Crippen LogP contribution < -0.4 is 11.1 Å². The molecule has 2 aromatic rings. The molecule has 23 heavy (non-hydrogen) atoms. The molecule has 0 saturated carbocycles. The van der Waals surface area contributed by atoms with E-state index in [1.165, 1.54) is 0 Å². The molecule has 0 spiro atoms. The van der Waals surface area contributed by atoms with Gasteiger partial charge in [-0.3, -0.25) is 15.1 Å². The number of para-hydroxylation sites is 1. The number of aryl methyl sites for hydroxylation is 1. The van der Waals surface area contributed by atoms with E-state index in [1.807, 2.05) is 23.5 Å². The quantitative estimate of drug-likeness (QED) is 0.823. The summed E-state index contributed by atoms with van der Waals surface area (Å²) in [6.45, 7) is -0.562. The van der Waals surface area contributed by atoms with Crippen molar-refractivity contribution in [1.82, 2.24) is 10.3 Å². The molecule has 0 saturated heterocycles. The Hall–Kier alpha value is -2.96. The van der Waals surface area contributed by atoms with E-state index in [-0.39, 0.29) is 0 Å². The minimum absolute atomic E-state index is 0.454. The van der Waals surface area contributed by atoms with E-state index in [1.54, 1.807) is 6.07 Å². The number of esters is 1. The molecule has 1 aliphatic rings. The SMILES string of the molecule is NC(=O)NC(=O)COC(=O)c1c2c(nc3ccccc13)CCC2. The van der Waals surface area contributed by atoms with Gasteiger partial charge < -0.3 is 10.5 Å². The molecule has 1 heterocycles. The van der Waals surface area contributed by atoms with Crippen molar-refractivity contribution >= 4 is 28.8 Å². The second kappa shape index (κ2) is 6.04. The molecule has 3 rings (SSSR count). The van der Waals surface area contributed by atoms with Gasteiger partial charge in [0.1, 0.15) is 0 Å². The third-order valence-corrected chi connectivity index (χ3v) is 3.72. The van der Waals surface area contributed by atoms with Crippen LogP contribution in [0.4, 0.5) is 4.79 Å². The Kier molecular flexibility index (Phi) is 3.92. The topological polar surface area (TPSA) is 111 Å². The molecule has 1 aromatic heterocycles. The molecule has 1 aliphatic carbocycles. The van der Waals surface area contributed by atoms with E-state index < -0.39 is 24.5 Å². The fourth-order valence-electron chi connectivity index (χ4n) is 2.82. The van der Waals surface area contributed by atoms with Gasteiger partial charge in [-0.05, 0) is 30.9 Å². The molecule has 0 atom stereocenters. The first-order chi connectivity index (χ1) is 11.1. The summed E-state index contributed by atoms with van der Waals surface area (Å²) in [6, 6.07) is 6.33.